The summed E-state index contributed by atoms with van der Waals surface area (Å²) in [5.74, 6) is -0.952. The number of urea groups is 1. The summed E-state index contributed by atoms with van der Waals surface area (Å²) >= 11 is 0. The molecule has 0 spiro atoms. The molecule has 0 unspecified atom stereocenters. The van der Waals surface area contributed by atoms with Crippen molar-refractivity contribution in [2.24, 2.45) is 0 Å². The normalized spacial score (nSPS) is 18.1. The Morgan fingerprint density at radius 1 is 1.09 bits per heavy atom. The average molecular weight is 463 g/mol. The van der Waals surface area contributed by atoms with Gasteiger partial charge in [-0.15, -0.1) is 0 Å². The first kappa shape index (κ1) is 22.6. The maximum absolute atomic E-state index is 14.8. The summed E-state index contributed by atoms with van der Waals surface area (Å²) < 4.78 is 39.3. The number of methoxy groups -OCH3 is 1. The van der Waals surface area contributed by atoms with E-state index in [0.717, 1.165) is 25.3 Å². The molecule has 32 heavy (non-hydrogen) atoms. The standard InChI is InChI=1S/C23H27FN2O5S/c1-31-22(27)18-5-6-19(21(24)14-18)15-26(20-8-7-16-3-2-4-17(16)13-20)23(28)25-9-11-32(29,30)12-10-25/h5-8,13-14,29-30H,2-4,9-12,15H2,1H3. The average Bonchev–Trinajstić information content (AvgIpc) is 3.25. The third kappa shape index (κ3) is 4.74. The smallest absolute Gasteiger partial charge is 0.337 e. The molecule has 0 aromatic heterocycles. The zero-order chi connectivity index (χ0) is 22.9. The van der Waals surface area contributed by atoms with E-state index in [1.165, 1.54) is 35.3 Å². The van der Waals surface area contributed by atoms with Crippen LogP contribution in [0.4, 0.5) is 14.9 Å². The van der Waals surface area contributed by atoms with Gasteiger partial charge in [-0.1, -0.05) is 12.1 Å². The van der Waals surface area contributed by atoms with Gasteiger partial charge in [-0.05, 0) is 54.7 Å². The molecule has 4 rings (SSSR count). The third-order valence-corrected chi connectivity index (χ3v) is 7.75. The molecule has 172 valence electrons. The molecule has 7 nitrogen and oxygen atoms in total. The Morgan fingerprint density at radius 3 is 2.50 bits per heavy atom. The molecule has 1 fully saturated rings. The fourth-order valence-corrected chi connectivity index (χ4v) is 5.40. The Labute approximate surface area is 188 Å². The van der Waals surface area contributed by atoms with Gasteiger partial charge in [0.05, 0.1) is 30.7 Å². The van der Waals surface area contributed by atoms with Crippen molar-refractivity contribution in [2.75, 3.05) is 36.6 Å². The van der Waals surface area contributed by atoms with Gasteiger partial charge >= 0.3 is 12.0 Å². The molecule has 2 N–H and O–H groups in total. The first-order valence-corrected chi connectivity index (χ1v) is 12.4. The molecule has 1 aliphatic carbocycles. The molecule has 9 heteroatoms. The van der Waals surface area contributed by atoms with Gasteiger partial charge in [0.15, 0.2) is 0 Å². The van der Waals surface area contributed by atoms with Crippen molar-refractivity contribution in [1.29, 1.82) is 0 Å². The number of carbonyl (C=O) groups is 2. The van der Waals surface area contributed by atoms with Crippen molar-refractivity contribution < 1.29 is 27.8 Å². The van der Waals surface area contributed by atoms with Gasteiger partial charge in [0.2, 0.25) is 0 Å². The summed E-state index contributed by atoms with van der Waals surface area (Å²) in [5, 5.41) is 0. The highest BCUT2D eigenvalue weighted by atomic mass is 32.3. The molecule has 1 saturated heterocycles. The van der Waals surface area contributed by atoms with Gasteiger partial charge in [0.25, 0.3) is 0 Å². The summed E-state index contributed by atoms with van der Waals surface area (Å²) in [6.45, 7) is 0.441. The molecular weight excluding hydrogens is 435 g/mol. The molecule has 1 aliphatic heterocycles. The largest absolute Gasteiger partial charge is 0.465 e. The lowest BCUT2D eigenvalue weighted by Crippen LogP contribution is -2.49. The number of hydrogen-bond donors (Lipinski definition) is 2. The van der Waals surface area contributed by atoms with Crippen LogP contribution in [0.3, 0.4) is 0 Å². The lowest BCUT2D eigenvalue weighted by molar-refractivity contribution is 0.0600. The maximum atomic E-state index is 14.8. The van der Waals surface area contributed by atoms with Crippen LogP contribution in [0.2, 0.25) is 0 Å². The van der Waals surface area contributed by atoms with Crippen molar-refractivity contribution in [2.45, 2.75) is 25.8 Å². The lowest BCUT2D eigenvalue weighted by atomic mass is 10.1. The Hall–Kier alpha value is -2.62. The van der Waals surface area contributed by atoms with Crippen molar-refractivity contribution in [1.82, 2.24) is 4.90 Å². The quantitative estimate of drug-likeness (QED) is 0.662. The summed E-state index contributed by atoms with van der Waals surface area (Å²) in [4.78, 5) is 28.2. The van der Waals surface area contributed by atoms with Crippen molar-refractivity contribution in [3.8, 4) is 0 Å². The van der Waals surface area contributed by atoms with E-state index in [-0.39, 0.29) is 48.3 Å². The molecule has 0 bridgehead atoms. The van der Waals surface area contributed by atoms with Gasteiger partial charge in [-0.25, -0.2) is 14.0 Å². The first-order chi connectivity index (χ1) is 15.3. The lowest BCUT2D eigenvalue weighted by Gasteiger charge is -2.42. The van der Waals surface area contributed by atoms with E-state index >= 15 is 0 Å². The molecule has 2 aromatic carbocycles. The minimum atomic E-state index is -2.64. The number of benzene rings is 2. The van der Waals surface area contributed by atoms with Crippen LogP contribution in [0.25, 0.3) is 0 Å². The number of anilines is 1. The van der Waals surface area contributed by atoms with Crippen molar-refractivity contribution >= 4 is 28.3 Å². The summed E-state index contributed by atoms with van der Waals surface area (Å²) in [7, 11) is -1.41. The van der Waals surface area contributed by atoms with E-state index in [0.29, 0.717) is 5.69 Å². The van der Waals surface area contributed by atoms with Crippen LogP contribution in [0.15, 0.2) is 36.4 Å². The molecule has 2 aliphatic rings. The van der Waals surface area contributed by atoms with Gasteiger partial charge in [0, 0.05) is 24.3 Å². The molecule has 0 atom stereocenters. The highest BCUT2D eigenvalue weighted by Crippen LogP contribution is 2.40. The Kier molecular flexibility index (Phi) is 6.41. The fourth-order valence-electron chi connectivity index (χ4n) is 4.17. The Bertz CT molecular complexity index is 1040. The molecule has 0 saturated carbocycles. The van der Waals surface area contributed by atoms with Crippen LogP contribution < -0.4 is 4.90 Å². The van der Waals surface area contributed by atoms with Gasteiger partial charge in [-0.3, -0.25) is 14.0 Å². The van der Waals surface area contributed by atoms with E-state index in [9.17, 15) is 23.1 Å². The molecule has 2 aromatic rings. The number of nitrogens with zero attached hydrogens (tertiary/aromatic N) is 2. The summed E-state index contributed by atoms with van der Waals surface area (Å²) in [5.41, 5.74) is 3.50. The number of carbonyl (C=O) groups excluding carboxylic acids is 2. The number of fused-ring (bicyclic) bond motifs is 1. The third-order valence-electron chi connectivity index (χ3n) is 6.07. The molecule has 2 amide bonds. The van der Waals surface area contributed by atoms with E-state index in [2.05, 4.69) is 4.74 Å². The minimum absolute atomic E-state index is 0.0162. The van der Waals surface area contributed by atoms with Crippen molar-refractivity contribution in [3.63, 3.8) is 0 Å². The van der Waals surface area contributed by atoms with Gasteiger partial charge in [0.1, 0.15) is 5.82 Å². The second-order valence-electron chi connectivity index (χ2n) is 8.17. The highest BCUT2D eigenvalue weighted by molar-refractivity contribution is 8.24. The number of ether oxygens (including phenoxy) is 1. The van der Waals surface area contributed by atoms with Crippen LogP contribution in [-0.2, 0) is 24.1 Å². The number of rotatable bonds is 4. The fraction of sp³-hybridized carbons (Fsp3) is 0.391. The van der Waals surface area contributed by atoms with E-state index in [4.69, 9.17) is 0 Å². The Morgan fingerprint density at radius 2 is 1.81 bits per heavy atom. The number of hydrogen-bond acceptors (Lipinski definition) is 5. The second kappa shape index (κ2) is 9.09. The Balaban J connectivity index is 1.63. The molecular formula is C23H27FN2O5S. The maximum Gasteiger partial charge on any atom is 0.337 e. The summed E-state index contributed by atoms with van der Waals surface area (Å²) in [6, 6.07) is 9.64. The van der Waals surface area contributed by atoms with E-state index in [1.807, 2.05) is 18.2 Å². The SMILES string of the molecule is COC(=O)c1ccc(CN(C(=O)N2CCS(O)(O)CC2)c2ccc3c(c2)CCC3)c(F)c1. The summed E-state index contributed by atoms with van der Waals surface area (Å²) in [6.07, 6.45) is 3.02. The van der Waals surface area contributed by atoms with Crippen molar-refractivity contribution in [3.05, 3.63) is 64.5 Å². The topological polar surface area (TPSA) is 90.3 Å². The number of aryl methyl sites for hydroxylation is 2. The molecule has 1 heterocycles. The van der Waals surface area contributed by atoms with E-state index in [1.54, 1.807) is 4.90 Å². The molecule has 0 radical (unpaired) electrons. The highest BCUT2D eigenvalue weighted by Gasteiger charge is 2.30. The number of esters is 1. The predicted molar refractivity (Wildman–Crippen MR) is 122 cm³/mol. The zero-order valence-corrected chi connectivity index (χ0v) is 18.7. The predicted octanol–water partition coefficient (Wildman–Crippen LogP) is 4.29. The van der Waals surface area contributed by atoms with Crippen LogP contribution >= 0.6 is 10.6 Å². The van der Waals surface area contributed by atoms with Crippen LogP contribution in [0.5, 0.6) is 0 Å². The van der Waals surface area contributed by atoms with Crippen LogP contribution in [-0.4, -0.2) is 57.7 Å². The minimum Gasteiger partial charge on any atom is -0.465 e. The van der Waals surface area contributed by atoms with Gasteiger partial charge in [-0.2, -0.15) is 10.6 Å². The monoisotopic (exact) mass is 462 g/mol. The second-order valence-corrected chi connectivity index (χ2v) is 10.6. The van der Waals surface area contributed by atoms with Crippen LogP contribution in [0, 0.1) is 5.82 Å². The van der Waals surface area contributed by atoms with Gasteiger partial charge < -0.3 is 9.64 Å². The zero-order valence-electron chi connectivity index (χ0n) is 17.9. The number of halogens is 1. The van der Waals surface area contributed by atoms with E-state index < -0.39 is 22.4 Å². The number of amides is 2. The van der Waals surface area contributed by atoms with Crippen LogP contribution in [0.1, 0.15) is 33.5 Å². The first-order valence-electron chi connectivity index (χ1n) is 10.6.